The van der Waals surface area contributed by atoms with Gasteiger partial charge in [-0.1, -0.05) is 42.3 Å². The van der Waals surface area contributed by atoms with Gasteiger partial charge in [0.1, 0.15) is 5.54 Å². The van der Waals surface area contributed by atoms with Gasteiger partial charge in [-0.05, 0) is 43.9 Å². The number of nitrogens with zero attached hydrogens (tertiary/aromatic N) is 1. The maximum atomic E-state index is 13.5. The molecule has 1 N–H and O–H groups in total. The molecule has 1 unspecified atom stereocenters. The highest BCUT2D eigenvalue weighted by atomic mass is 32.2. The summed E-state index contributed by atoms with van der Waals surface area (Å²) in [7, 11) is -2.27. The fraction of sp³-hybridized carbons (Fsp3) is 0.409. The zero-order valence-electron chi connectivity index (χ0n) is 16.4. The van der Waals surface area contributed by atoms with Crippen molar-refractivity contribution in [1.82, 2.24) is 4.31 Å². The molecule has 0 aromatic heterocycles. The third-order valence-electron chi connectivity index (χ3n) is 6.16. The summed E-state index contributed by atoms with van der Waals surface area (Å²) < 4.78 is 28.4. The van der Waals surface area contributed by atoms with Crippen LogP contribution < -0.4 is 5.32 Å². The van der Waals surface area contributed by atoms with Crippen LogP contribution in [0.25, 0.3) is 0 Å². The highest BCUT2D eigenvalue weighted by Gasteiger charge is 2.51. The Balaban J connectivity index is 1.89. The highest BCUT2D eigenvalue weighted by molar-refractivity contribution is 7.89. The van der Waals surface area contributed by atoms with Gasteiger partial charge in [-0.2, -0.15) is 4.31 Å². The number of hydrogen-bond donors (Lipinski definition) is 1. The van der Waals surface area contributed by atoms with Crippen LogP contribution in [0.1, 0.15) is 42.4 Å². The standard InChI is InChI=1S/C22H26N2O3S/c1-16-9-11-18(12-10-16)28(26,27)24(2)22(14-4-3-8-20(22)25)19-7-5-6-17-13-15-23-21(17)19/h5-7,9-12,23H,3-4,8,13-15H2,1-2H3. The molecule has 1 fully saturated rings. The Morgan fingerprint density at radius 2 is 1.79 bits per heavy atom. The molecule has 0 bridgehead atoms. The lowest BCUT2D eigenvalue weighted by atomic mass is 9.74. The number of para-hydroxylation sites is 1. The van der Waals surface area contributed by atoms with Crippen LogP contribution in [0, 0.1) is 6.92 Å². The Morgan fingerprint density at radius 3 is 2.50 bits per heavy atom. The van der Waals surface area contributed by atoms with Crippen LogP contribution in [-0.2, 0) is 26.8 Å². The van der Waals surface area contributed by atoms with Gasteiger partial charge in [-0.15, -0.1) is 0 Å². The molecular weight excluding hydrogens is 372 g/mol. The lowest BCUT2D eigenvalue weighted by Crippen LogP contribution is -2.54. The summed E-state index contributed by atoms with van der Waals surface area (Å²) >= 11 is 0. The van der Waals surface area contributed by atoms with Gasteiger partial charge in [0.15, 0.2) is 5.78 Å². The number of sulfonamides is 1. The van der Waals surface area contributed by atoms with Gasteiger partial charge in [-0.25, -0.2) is 8.42 Å². The number of hydrogen-bond acceptors (Lipinski definition) is 4. The second-order valence-corrected chi connectivity index (χ2v) is 9.76. The summed E-state index contributed by atoms with van der Waals surface area (Å²) in [6.07, 6.45) is 3.43. The Hall–Kier alpha value is -2.18. The van der Waals surface area contributed by atoms with Crippen molar-refractivity contribution < 1.29 is 13.2 Å². The van der Waals surface area contributed by atoms with Crippen molar-refractivity contribution in [2.24, 2.45) is 0 Å². The van der Waals surface area contributed by atoms with E-state index in [0.29, 0.717) is 12.8 Å². The number of ketones is 1. The van der Waals surface area contributed by atoms with Crippen molar-refractivity contribution >= 4 is 21.5 Å². The van der Waals surface area contributed by atoms with Crippen LogP contribution in [0.4, 0.5) is 5.69 Å². The molecule has 148 valence electrons. The number of carbonyl (C=O) groups excluding carboxylic acids is 1. The number of Topliss-reactive ketones (excluding diaryl/α,β-unsaturated/α-hetero) is 1. The Morgan fingerprint density at radius 1 is 1.04 bits per heavy atom. The second-order valence-electron chi connectivity index (χ2n) is 7.79. The molecule has 6 heteroatoms. The Bertz CT molecular complexity index is 1010. The number of anilines is 1. The molecule has 2 aromatic carbocycles. The molecule has 2 aliphatic rings. The average Bonchev–Trinajstić information content (AvgIpc) is 3.17. The number of likely N-dealkylation sites (N-methyl/N-ethyl adjacent to an activating group) is 1. The van der Waals surface area contributed by atoms with Crippen molar-refractivity contribution in [2.75, 3.05) is 18.9 Å². The van der Waals surface area contributed by atoms with Gasteiger partial charge in [0.25, 0.3) is 0 Å². The highest BCUT2D eigenvalue weighted by Crippen LogP contribution is 2.46. The monoisotopic (exact) mass is 398 g/mol. The zero-order valence-corrected chi connectivity index (χ0v) is 17.2. The Kier molecular flexibility index (Phi) is 4.79. The van der Waals surface area contributed by atoms with E-state index in [2.05, 4.69) is 5.32 Å². The number of aryl methyl sites for hydroxylation is 1. The lowest BCUT2D eigenvalue weighted by Gasteiger charge is -2.43. The number of rotatable bonds is 4. The van der Waals surface area contributed by atoms with E-state index in [0.717, 1.165) is 48.2 Å². The number of fused-ring (bicyclic) bond motifs is 1. The number of carbonyl (C=O) groups is 1. The first-order valence-corrected chi connectivity index (χ1v) is 11.3. The molecule has 1 saturated carbocycles. The van der Waals surface area contributed by atoms with E-state index >= 15 is 0 Å². The van der Waals surface area contributed by atoms with Gasteiger partial charge in [0, 0.05) is 31.3 Å². The molecule has 4 rings (SSSR count). The molecule has 0 radical (unpaired) electrons. The van der Waals surface area contributed by atoms with Crippen LogP contribution in [-0.4, -0.2) is 32.1 Å². The van der Waals surface area contributed by atoms with E-state index < -0.39 is 15.6 Å². The lowest BCUT2D eigenvalue weighted by molar-refractivity contribution is -0.131. The minimum atomic E-state index is -3.83. The topological polar surface area (TPSA) is 66.5 Å². The molecule has 0 saturated heterocycles. The molecule has 0 spiro atoms. The summed E-state index contributed by atoms with van der Waals surface area (Å²) in [5.74, 6) is -0.0148. The van der Waals surface area contributed by atoms with Crippen LogP contribution in [0.15, 0.2) is 47.4 Å². The van der Waals surface area contributed by atoms with Crippen molar-refractivity contribution in [2.45, 2.75) is 49.5 Å². The third kappa shape index (κ3) is 2.86. The largest absolute Gasteiger partial charge is 0.384 e. The summed E-state index contributed by atoms with van der Waals surface area (Å²) in [5.41, 5.74) is 2.71. The van der Waals surface area contributed by atoms with Crippen LogP contribution in [0.2, 0.25) is 0 Å². The van der Waals surface area contributed by atoms with Crippen molar-refractivity contribution in [3.8, 4) is 0 Å². The van der Waals surface area contributed by atoms with Gasteiger partial charge in [0.05, 0.1) is 4.90 Å². The fourth-order valence-corrected chi connectivity index (χ4v) is 6.06. The van der Waals surface area contributed by atoms with Crippen LogP contribution in [0.3, 0.4) is 0 Å². The van der Waals surface area contributed by atoms with E-state index in [9.17, 15) is 13.2 Å². The average molecular weight is 399 g/mol. The maximum absolute atomic E-state index is 13.5. The van der Waals surface area contributed by atoms with Gasteiger partial charge < -0.3 is 5.32 Å². The van der Waals surface area contributed by atoms with E-state index in [1.807, 2.05) is 25.1 Å². The zero-order chi connectivity index (χ0) is 19.9. The SMILES string of the molecule is Cc1ccc(S(=O)(=O)N(C)C2(c3cccc4c3NCC4)CCCCC2=O)cc1. The van der Waals surface area contributed by atoms with Crippen molar-refractivity contribution in [1.29, 1.82) is 0 Å². The molecule has 0 amide bonds. The molecular formula is C22H26N2O3S. The van der Waals surface area contributed by atoms with Crippen molar-refractivity contribution in [3.63, 3.8) is 0 Å². The minimum absolute atomic E-state index is 0.0148. The maximum Gasteiger partial charge on any atom is 0.244 e. The van der Waals surface area contributed by atoms with E-state index in [-0.39, 0.29) is 10.7 Å². The molecule has 2 aromatic rings. The second kappa shape index (κ2) is 7.01. The van der Waals surface area contributed by atoms with E-state index in [1.165, 1.54) is 4.31 Å². The van der Waals surface area contributed by atoms with Gasteiger partial charge in [0.2, 0.25) is 10.0 Å². The summed E-state index contributed by atoms with van der Waals surface area (Å²) in [6.45, 7) is 2.73. The molecule has 1 aliphatic heterocycles. The smallest absolute Gasteiger partial charge is 0.244 e. The minimum Gasteiger partial charge on any atom is -0.384 e. The van der Waals surface area contributed by atoms with E-state index in [1.54, 1.807) is 31.3 Å². The fourth-order valence-electron chi connectivity index (χ4n) is 4.56. The molecule has 5 nitrogen and oxygen atoms in total. The van der Waals surface area contributed by atoms with E-state index in [4.69, 9.17) is 0 Å². The van der Waals surface area contributed by atoms with Crippen LogP contribution >= 0.6 is 0 Å². The third-order valence-corrected chi connectivity index (χ3v) is 8.06. The Labute approximate surface area is 166 Å². The predicted molar refractivity (Wildman–Crippen MR) is 110 cm³/mol. The summed E-state index contributed by atoms with van der Waals surface area (Å²) in [6, 6.07) is 12.7. The quantitative estimate of drug-likeness (QED) is 0.854. The first-order valence-electron chi connectivity index (χ1n) is 9.82. The van der Waals surface area contributed by atoms with Crippen LogP contribution in [0.5, 0.6) is 0 Å². The summed E-state index contributed by atoms with van der Waals surface area (Å²) in [4.78, 5) is 13.6. The normalized spacial score (nSPS) is 22.2. The first-order chi connectivity index (χ1) is 13.4. The summed E-state index contributed by atoms with van der Waals surface area (Å²) in [5, 5.41) is 3.39. The number of benzene rings is 2. The molecule has 1 aliphatic carbocycles. The molecule has 1 atom stereocenters. The predicted octanol–water partition coefficient (Wildman–Crippen LogP) is 3.62. The molecule has 1 heterocycles. The molecule has 28 heavy (non-hydrogen) atoms. The first kappa shape index (κ1) is 19.2. The number of nitrogens with one attached hydrogen (secondary N) is 1. The van der Waals surface area contributed by atoms with Gasteiger partial charge >= 0.3 is 0 Å². The van der Waals surface area contributed by atoms with Gasteiger partial charge in [-0.3, -0.25) is 4.79 Å². The van der Waals surface area contributed by atoms with Crippen molar-refractivity contribution in [3.05, 3.63) is 59.2 Å².